The van der Waals surface area contributed by atoms with Gasteiger partial charge in [0.15, 0.2) is 0 Å². The average molecular weight is 242 g/mol. The number of rotatable bonds is 8. The van der Waals surface area contributed by atoms with E-state index in [-0.39, 0.29) is 11.4 Å². The molecule has 0 atom stereocenters. The molecule has 0 radical (unpaired) electrons. The third kappa shape index (κ3) is 10.3. The number of ether oxygens (including phenoxy) is 1. The summed E-state index contributed by atoms with van der Waals surface area (Å²) in [7, 11) is 0. The molecule has 0 aliphatic rings. The van der Waals surface area contributed by atoms with Crippen molar-refractivity contribution in [2.24, 2.45) is 17.3 Å². The summed E-state index contributed by atoms with van der Waals surface area (Å²) in [4.78, 5) is 11.4. The zero-order chi connectivity index (χ0) is 13.5. The minimum Gasteiger partial charge on any atom is -0.466 e. The lowest BCUT2D eigenvalue weighted by molar-refractivity contribution is -0.145. The van der Waals surface area contributed by atoms with Crippen molar-refractivity contribution in [3.05, 3.63) is 0 Å². The molecule has 0 aliphatic carbocycles. The summed E-state index contributed by atoms with van der Waals surface area (Å²) < 4.78 is 5.26. The Bertz CT molecular complexity index is 217. The topological polar surface area (TPSA) is 26.3 Å². The highest BCUT2D eigenvalue weighted by Gasteiger charge is 2.18. The normalized spacial score (nSPS) is 12.2. The highest BCUT2D eigenvalue weighted by molar-refractivity contribution is 5.69. The second-order valence-corrected chi connectivity index (χ2v) is 6.67. The molecule has 0 amide bonds. The van der Waals surface area contributed by atoms with Crippen molar-refractivity contribution in [1.82, 2.24) is 0 Å². The Kier molecular flexibility index (Phi) is 7.49. The molecule has 0 N–H and O–H groups in total. The zero-order valence-electron chi connectivity index (χ0n) is 12.5. The van der Waals surface area contributed by atoms with Crippen LogP contribution in [0.4, 0.5) is 0 Å². The Morgan fingerprint density at radius 2 is 1.65 bits per heavy atom. The van der Waals surface area contributed by atoms with Gasteiger partial charge in [0, 0.05) is 6.42 Å². The fourth-order valence-corrected chi connectivity index (χ4v) is 1.64. The SMILES string of the molecule is CC(C)CCC(C)(C)CCOC(=O)CC(C)C. The van der Waals surface area contributed by atoms with E-state index in [1.807, 2.05) is 13.8 Å². The van der Waals surface area contributed by atoms with Gasteiger partial charge in [0.2, 0.25) is 0 Å². The van der Waals surface area contributed by atoms with Crippen LogP contribution in [0.2, 0.25) is 0 Å². The Hall–Kier alpha value is -0.530. The number of carbonyl (C=O) groups is 1. The van der Waals surface area contributed by atoms with Crippen LogP contribution in [0.1, 0.15) is 67.2 Å². The monoisotopic (exact) mass is 242 g/mol. The van der Waals surface area contributed by atoms with E-state index in [1.165, 1.54) is 12.8 Å². The van der Waals surface area contributed by atoms with Gasteiger partial charge in [-0.05, 0) is 30.1 Å². The maximum atomic E-state index is 11.4. The highest BCUT2D eigenvalue weighted by Crippen LogP contribution is 2.28. The third-order valence-electron chi connectivity index (χ3n) is 3.02. The molecule has 0 saturated heterocycles. The van der Waals surface area contributed by atoms with Gasteiger partial charge in [0.1, 0.15) is 0 Å². The largest absolute Gasteiger partial charge is 0.466 e. The van der Waals surface area contributed by atoms with Gasteiger partial charge in [-0.2, -0.15) is 0 Å². The second-order valence-electron chi connectivity index (χ2n) is 6.67. The van der Waals surface area contributed by atoms with Crippen molar-refractivity contribution < 1.29 is 9.53 Å². The van der Waals surface area contributed by atoms with Gasteiger partial charge in [-0.1, -0.05) is 48.0 Å². The van der Waals surface area contributed by atoms with E-state index in [0.29, 0.717) is 18.9 Å². The van der Waals surface area contributed by atoms with Crippen LogP contribution in [0, 0.1) is 17.3 Å². The van der Waals surface area contributed by atoms with Crippen molar-refractivity contribution >= 4 is 5.97 Å². The first-order valence-electron chi connectivity index (χ1n) is 6.88. The molecule has 0 aromatic carbocycles. The van der Waals surface area contributed by atoms with E-state index in [1.54, 1.807) is 0 Å². The molecule has 2 heteroatoms. The van der Waals surface area contributed by atoms with Crippen LogP contribution < -0.4 is 0 Å². The quantitative estimate of drug-likeness (QED) is 0.589. The molecule has 0 aliphatic heterocycles. The zero-order valence-corrected chi connectivity index (χ0v) is 12.5. The van der Waals surface area contributed by atoms with Gasteiger partial charge in [-0.3, -0.25) is 4.79 Å². The molecular weight excluding hydrogens is 212 g/mol. The average Bonchev–Trinajstić information content (AvgIpc) is 2.13. The van der Waals surface area contributed by atoms with E-state index in [4.69, 9.17) is 4.74 Å². The van der Waals surface area contributed by atoms with Crippen molar-refractivity contribution in [3.8, 4) is 0 Å². The van der Waals surface area contributed by atoms with Crippen LogP contribution in [0.5, 0.6) is 0 Å². The van der Waals surface area contributed by atoms with Gasteiger partial charge in [-0.25, -0.2) is 0 Å². The maximum Gasteiger partial charge on any atom is 0.306 e. The molecule has 17 heavy (non-hydrogen) atoms. The molecule has 0 aromatic heterocycles. The fourth-order valence-electron chi connectivity index (χ4n) is 1.64. The van der Waals surface area contributed by atoms with Crippen LogP contribution in [0.3, 0.4) is 0 Å². The first kappa shape index (κ1) is 16.5. The summed E-state index contributed by atoms with van der Waals surface area (Å²) in [5.74, 6) is 1.08. The first-order chi connectivity index (χ1) is 7.73. The van der Waals surface area contributed by atoms with E-state index in [9.17, 15) is 4.79 Å². The summed E-state index contributed by atoms with van der Waals surface area (Å²) in [6.07, 6.45) is 3.94. The molecule has 0 spiro atoms. The summed E-state index contributed by atoms with van der Waals surface area (Å²) in [6, 6.07) is 0. The molecule has 0 heterocycles. The lowest BCUT2D eigenvalue weighted by atomic mass is 9.83. The van der Waals surface area contributed by atoms with Crippen LogP contribution >= 0.6 is 0 Å². The number of hydrogen-bond donors (Lipinski definition) is 0. The maximum absolute atomic E-state index is 11.4. The molecule has 2 nitrogen and oxygen atoms in total. The van der Waals surface area contributed by atoms with Crippen molar-refractivity contribution in [2.45, 2.75) is 67.2 Å². The van der Waals surface area contributed by atoms with Crippen molar-refractivity contribution in [3.63, 3.8) is 0 Å². The molecule has 0 unspecified atom stereocenters. The number of hydrogen-bond acceptors (Lipinski definition) is 2. The molecule has 0 saturated carbocycles. The van der Waals surface area contributed by atoms with Crippen molar-refractivity contribution in [1.29, 1.82) is 0 Å². The summed E-state index contributed by atoms with van der Waals surface area (Å²) in [6.45, 7) is 13.6. The molecule has 102 valence electrons. The van der Waals surface area contributed by atoms with E-state index < -0.39 is 0 Å². The van der Waals surface area contributed by atoms with E-state index in [2.05, 4.69) is 27.7 Å². The fraction of sp³-hybridized carbons (Fsp3) is 0.933. The van der Waals surface area contributed by atoms with Gasteiger partial charge in [0.25, 0.3) is 0 Å². The van der Waals surface area contributed by atoms with Gasteiger partial charge in [-0.15, -0.1) is 0 Å². The molecular formula is C15H30O2. The number of esters is 1. The molecule has 0 fully saturated rings. The lowest BCUT2D eigenvalue weighted by Crippen LogP contribution is -2.17. The smallest absolute Gasteiger partial charge is 0.306 e. The number of carbonyl (C=O) groups excluding carboxylic acids is 1. The standard InChI is InChI=1S/C15H30O2/c1-12(2)7-8-15(5,6)9-10-17-14(16)11-13(3)4/h12-13H,7-11H2,1-6H3. The highest BCUT2D eigenvalue weighted by atomic mass is 16.5. The molecule has 0 aromatic rings. The van der Waals surface area contributed by atoms with Crippen LogP contribution in [-0.2, 0) is 9.53 Å². The Balaban J connectivity index is 3.75. The Morgan fingerprint density at radius 3 is 2.12 bits per heavy atom. The van der Waals surface area contributed by atoms with Gasteiger partial charge in [0.05, 0.1) is 6.61 Å². The van der Waals surface area contributed by atoms with Crippen LogP contribution in [0.25, 0.3) is 0 Å². The Morgan fingerprint density at radius 1 is 1.06 bits per heavy atom. The van der Waals surface area contributed by atoms with Crippen LogP contribution in [0.15, 0.2) is 0 Å². The summed E-state index contributed by atoms with van der Waals surface area (Å²) in [5, 5.41) is 0. The van der Waals surface area contributed by atoms with E-state index >= 15 is 0 Å². The van der Waals surface area contributed by atoms with Gasteiger partial charge >= 0.3 is 5.97 Å². The first-order valence-corrected chi connectivity index (χ1v) is 6.88. The second kappa shape index (κ2) is 7.73. The summed E-state index contributed by atoms with van der Waals surface area (Å²) >= 11 is 0. The van der Waals surface area contributed by atoms with Gasteiger partial charge < -0.3 is 4.74 Å². The van der Waals surface area contributed by atoms with Crippen molar-refractivity contribution in [2.75, 3.05) is 6.61 Å². The minimum atomic E-state index is -0.0559. The Labute approximate surface area is 107 Å². The van der Waals surface area contributed by atoms with E-state index in [0.717, 1.165) is 12.3 Å². The predicted molar refractivity (Wildman–Crippen MR) is 72.9 cm³/mol. The predicted octanol–water partition coefficient (Wildman–Crippen LogP) is 4.43. The minimum absolute atomic E-state index is 0.0559. The summed E-state index contributed by atoms with van der Waals surface area (Å²) in [5.41, 5.74) is 0.280. The third-order valence-corrected chi connectivity index (χ3v) is 3.02. The lowest BCUT2D eigenvalue weighted by Gasteiger charge is -2.25. The molecule has 0 bridgehead atoms. The van der Waals surface area contributed by atoms with Crippen LogP contribution in [-0.4, -0.2) is 12.6 Å². The molecule has 0 rings (SSSR count).